The van der Waals surface area contributed by atoms with Crippen molar-refractivity contribution in [2.75, 3.05) is 19.5 Å². The molecule has 2 aromatic carbocycles. The first-order chi connectivity index (χ1) is 11.4. The molecule has 0 aromatic heterocycles. The van der Waals surface area contributed by atoms with Crippen LogP contribution in [-0.4, -0.2) is 26.1 Å². The number of rotatable bonds is 5. The van der Waals surface area contributed by atoms with Crippen LogP contribution in [0.4, 0.5) is 5.69 Å². The Balaban J connectivity index is 2.21. The standard InChI is InChI=1S/C18H18ClNO4/c1-11-7-14(18(22)24-3)16(10-15(11)19)20-17(21)9-12-5-4-6-13(8-12)23-2/h4-8,10H,9H2,1-3H3,(H,20,21). The summed E-state index contributed by atoms with van der Waals surface area (Å²) < 4.78 is 9.89. The van der Waals surface area contributed by atoms with Crippen molar-refractivity contribution in [3.8, 4) is 5.75 Å². The van der Waals surface area contributed by atoms with Gasteiger partial charge in [-0.2, -0.15) is 0 Å². The first-order valence-corrected chi connectivity index (χ1v) is 7.63. The summed E-state index contributed by atoms with van der Waals surface area (Å²) in [5.74, 6) is -0.131. The number of esters is 1. The predicted molar refractivity (Wildman–Crippen MR) is 92.9 cm³/mol. The van der Waals surface area contributed by atoms with Crippen molar-refractivity contribution < 1.29 is 19.1 Å². The summed E-state index contributed by atoms with van der Waals surface area (Å²) in [5, 5.41) is 3.17. The Kier molecular flexibility index (Phi) is 5.82. The van der Waals surface area contributed by atoms with E-state index in [1.807, 2.05) is 12.1 Å². The average Bonchev–Trinajstić information content (AvgIpc) is 2.57. The fourth-order valence-electron chi connectivity index (χ4n) is 2.23. The number of anilines is 1. The van der Waals surface area contributed by atoms with Crippen LogP contribution in [0.15, 0.2) is 36.4 Å². The van der Waals surface area contributed by atoms with Gasteiger partial charge in [-0.15, -0.1) is 0 Å². The smallest absolute Gasteiger partial charge is 0.339 e. The lowest BCUT2D eigenvalue weighted by Gasteiger charge is -2.12. The third-order valence-corrected chi connectivity index (χ3v) is 3.88. The number of halogens is 1. The van der Waals surface area contributed by atoms with Gasteiger partial charge < -0.3 is 14.8 Å². The number of nitrogens with one attached hydrogen (secondary N) is 1. The number of hydrogen-bond donors (Lipinski definition) is 1. The fraction of sp³-hybridized carbons (Fsp3) is 0.222. The van der Waals surface area contributed by atoms with Crippen molar-refractivity contribution >= 4 is 29.2 Å². The largest absolute Gasteiger partial charge is 0.497 e. The summed E-state index contributed by atoms with van der Waals surface area (Å²) in [6.45, 7) is 1.77. The number of carbonyl (C=O) groups is 2. The zero-order valence-electron chi connectivity index (χ0n) is 13.7. The molecule has 2 rings (SSSR count). The van der Waals surface area contributed by atoms with E-state index in [0.717, 1.165) is 11.1 Å². The summed E-state index contributed by atoms with van der Waals surface area (Å²) in [6, 6.07) is 10.4. The highest BCUT2D eigenvalue weighted by Crippen LogP contribution is 2.26. The van der Waals surface area contributed by atoms with Crippen LogP contribution in [-0.2, 0) is 16.0 Å². The van der Waals surface area contributed by atoms with Gasteiger partial charge in [0.05, 0.1) is 31.9 Å². The van der Waals surface area contributed by atoms with Gasteiger partial charge in [0, 0.05) is 5.02 Å². The molecule has 6 heteroatoms. The molecule has 0 heterocycles. The molecule has 0 aliphatic heterocycles. The fourth-order valence-corrected chi connectivity index (χ4v) is 2.39. The number of amides is 1. The number of aryl methyl sites for hydroxylation is 1. The lowest BCUT2D eigenvalue weighted by molar-refractivity contribution is -0.115. The van der Waals surface area contributed by atoms with E-state index in [0.29, 0.717) is 16.5 Å². The van der Waals surface area contributed by atoms with Gasteiger partial charge >= 0.3 is 5.97 Å². The molecule has 0 saturated heterocycles. The number of ether oxygens (including phenoxy) is 2. The van der Waals surface area contributed by atoms with Crippen LogP contribution in [0.3, 0.4) is 0 Å². The number of carbonyl (C=O) groups excluding carboxylic acids is 2. The highest BCUT2D eigenvalue weighted by atomic mass is 35.5. The molecule has 0 saturated carbocycles. The van der Waals surface area contributed by atoms with Crippen molar-refractivity contribution in [1.82, 2.24) is 0 Å². The summed E-state index contributed by atoms with van der Waals surface area (Å²) in [4.78, 5) is 24.2. The Bertz CT molecular complexity index is 774. The zero-order valence-corrected chi connectivity index (χ0v) is 14.4. The van der Waals surface area contributed by atoms with Crippen molar-refractivity contribution in [3.05, 3.63) is 58.1 Å². The van der Waals surface area contributed by atoms with Crippen molar-refractivity contribution in [1.29, 1.82) is 0 Å². The normalized spacial score (nSPS) is 10.2. The maximum atomic E-state index is 12.3. The molecule has 0 unspecified atom stereocenters. The Morgan fingerprint density at radius 1 is 1.17 bits per heavy atom. The molecule has 5 nitrogen and oxygen atoms in total. The third-order valence-electron chi connectivity index (χ3n) is 3.48. The summed E-state index contributed by atoms with van der Waals surface area (Å²) >= 11 is 6.10. The molecule has 1 N–H and O–H groups in total. The molecule has 24 heavy (non-hydrogen) atoms. The van der Waals surface area contributed by atoms with Gasteiger partial charge in [-0.05, 0) is 42.3 Å². The molecule has 0 atom stereocenters. The number of hydrogen-bond acceptors (Lipinski definition) is 4. The summed E-state index contributed by atoms with van der Waals surface area (Å²) in [5.41, 5.74) is 2.11. The predicted octanol–water partition coefficient (Wildman–Crippen LogP) is 3.62. The van der Waals surface area contributed by atoms with Gasteiger partial charge in [0.2, 0.25) is 5.91 Å². The topological polar surface area (TPSA) is 64.6 Å². The maximum Gasteiger partial charge on any atom is 0.339 e. The van der Waals surface area contributed by atoms with Crippen LogP contribution in [0.25, 0.3) is 0 Å². The van der Waals surface area contributed by atoms with E-state index in [9.17, 15) is 9.59 Å². The minimum absolute atomic E-state index is 0.142. The van der Waals surface area contributed by atoms with Crippen molar-refractivity contribution in [2.24, 2.45) is 0 Å². The van der Waals surface area contributed by atoms with Crippen LogP contribution in [0.2, 0.25) is 5.02 Å². The molecule has 126 valence electrons. The maximum absolute atomic E-state index is 12.3. The van der Waals surface area contributed by atoms with Crippen LogP contribution >= 0.6 is 11.6 Å². The molecule has 0 aliphatic rings. The monoisotopic (exact) mass is 347 g/mol. The molecule has 0 spiro atoms. The van der Waals surface area contributed by atoms with E-state index in [2.05, 4.69) is 5.32 Å². The second-order valence-corrected chi connectivity index (χ2v) is 5.62. The van der Waals surface area contributed by atoms with Crippen LogP contribution in [0.1, 0.15) is 21.5 Å². The highest BCUT2D eigenvalue weighted by Gasteiger charge is 2.16. The quantitative estimate of drug-likeness (QED) is 0.839. The second-order valence-electron chi connectivity index (χ2n) is 5.22. The lowest BCUT2D eigenvalue weighted by Crippen LogP contribution is -2.17. The first kappa shape index (κ1) is 17.8. The van der Waals surface area contributed by atoms with Gasteiger partial charge in [-0.3, -0.25) is 4.79 Å². The van der Waals surface area contributed by atoms with E-state index in [1.165, 1.54) is 7.11 Å². The Morgan fingerprint density at radius 2 is 1.92 bits per heavy atom. The van der Waals surface area contributed by atoms with Crippen LogP contribution in [0, 0.1) is 6.92 Å². The van der Waals surface area contributed by atoms with Gasteiger partial charge in [-0.25, -0.2) is 4.79 Å². The molecule has 0 bridgehead atoms. The van der Waals surface area contributed by atoms with E-state index in [-0.39, 0.29) is 17.9 Å². The second kappa shape index (κ2) is 7.84. The molecule has 0 fully saturated rings. The van der Waals surface area contributed by atoms with E-state index in [1.54, 1.807) is 38.3 Å². The summed E-state index contributed by atoms with van der Waals surface area (Å²) in [6.07, 6.45) is 0.142. The molecule has 0 aliphatic carbocycles. The zero-order chi connectivity index (χ0) is 17.7. The van der Waals surface area contributed by atoms with Crippen molar-refractivity contribution in [3.63, 3.8) is 0 Å². The molecular weight excluding hydrogens is 330 g/mol. The lowest BCUT2D eigenvalue weighted by atomic mass is 10.1. The van der Waals surface area contributed by atoms with Gasteiger partial charge in [-0.1, -0.05) is 23.7 Å². The third kappa shape index (κ3) is 4.26. The van der Waals surface area contributed by atoms with E-state index >= 15 is 0 Å². The Morgan fingerprint density at radius 3 is 2.58 bits per heavy atom. The number of benzene rings is 2. The van der Waals surface area contributed by atoms with E-state index < -0.39 is 5.97 Å². The van der Waals surface area contributed by atoms with Crippen molar-refractivity contribution in [2.45, 2.75) is 13.3 Å². The Hall–Kier alpha value is -2.53. The molecule has 0 radical (unpaired) electrons. The first-order valence-electron chi connectivity index (χ1n) is 7.26. The minimum atomic E-state index is -0.536. The van der Waals surface area contributed by atoms with Gasteiger partial charge in [0.1, 0.15) is 5.75 Å². The van der Waals surface area contributed by atoms with Crippen LogP contribution < -0.4 is 10.1 Å². The molecule has 2 aromatic rings. The van der Waals surface area contributed by atoms with E-state index in [4.69, 9.17) is 21.1 Å². The molecular formula is C18H18ClNO4. The minimum Gasteiger partial charge on any atom is -0.497 e. The van der Waals surface area contributed by atoms with Gasteiger partial charge in [0.25, 0.3) is 0 Å². The average molecular weight is 348 g/mol. The molecule has 1 amide bonds. The van der Waals surface area contributed by atoms with Crippen LogP contribution in [0.5, 0.6) is 5.75 Å². The van der Waals surface area contributed by atoms with Gasteiger partial charge in [0.15, 0.2) is 0 Å². The Labute approximate surface area is 145 Å². The highest BCUT2D eigenvalue weighted by molar-refractivity contribution is 6.32. The number of methoxy groups -OCH3 is 2. The SMILES string of the molecule is COC(=O)c1cc(C)c(Cl)cc1NC(=O)Cc1cccc(OC)c1. The summed E-state index contributed by atoms with van der Waals surface area (Å²) in [7, 11) is 2.85.